The van der Waals surface area contributed by atoms with Gasteiger partial charge in [-0.15, -0.1) is 0 Å². The van der Waals surface area contributed by atoms with Gasteiger partial charge in [-0.25, -0.2) is 13.6 Å². The van der Waals surface area contributed by atoms with Crippen molar-refractivity contribution in [3.63, 3.8) is 0 Å². The molecule has 2 rings (SSSR count). The summed E-state index contributed by atoms with van der Waals surface area (Å²) in [5.41, 5.74) is 6.19. The summed E-state index contributed by atoms with van der Waals surface area (Å²) < 4.78 is 26.3. The van der Waals surface area contributed by atoms with Crippen molar-refractivity contribution in [2.24, 2.45) is 5.73 Å². The van der Waals surface area contributed by atoms with E-state index in [2.05, 4.69) is 10.6 Å². The number of hydrogen-bond acceptors (Lipinski definition) is 2. The molecule has 0 aromatic heterocycles. The van der Waals surface area contributed by atoms with Gasteiger partial charge in [0.2, 0.25) is 0 Å². The average molecular weight is 319 g/mol. The van der Waals surface area contributed by atoms with Gasteiger partial charge in [0.15, 0.2) is 0 Å². The van der Waals surface area contributed by atoms with Crippen molar-refractivity contribution in [1.82, 2.24) is 5.32 Å². The van der Waals surface area contributed by atoms with Crippen LogP contribution in [-0.2, 0) is 0 Å². The monoisotopic (exact) mass is 319 g/mol. The lowest BCUT2D eigenvalue weighted by molar-refractivity contribution is 0.0939. The molecular weight excluding hydrogens is 304 g/mol. The largest absolute Gasteiger partial charge is 0.351 e. The third-order valence-electron chi connectivity index (χ3n) is 3.15. The van der Waals surface area contributed by atoms with Crippen LogP contribution in [0.4, 0.5) is 19.3 Å². The summed E-state index contributed by atoms with van der Waals surface area (Å²) in [5.74, 6) is -2.22. The number of rotatable bonds is 4. The number of benzene rings is 2. The molecule has 0 heterocycles. The normalized spacial score (nSPS) is 11.6. The molecule has 4 N–H and O–H groups in total. The highest BCUT2D eigenvalue weighted by Gasteiger charge is 2.13. The van der Waals surface area contributed by atoms with Crippen LogP contribution < -0.4 is 16.4 Å². The SMILES string of the molecule is CC(NC(=O)c1cc(F)cc(F)c1)c1ccc(NC(N)=O)cc1. The molecule has 0 aliphatic rings. The Balaban J connectivity index is 2.07. The fourth-order valence-corrected chi connectivity index (χ4v) is 2.05. The molecule has 0 saturated heterocycles. The minimum atomic E-state index is -0.815. The highest BCUT2D eigenvalue weighted by molar-refractivity contribution is 5.94. The number of amides is 3. The molecule has 3 amide bonds. The zero-order chi connectivity index (χ0) is 17.0. The molecule has 2 aromatic carbocycles. The summed E-state index contributed by atoms with van der Waals surface area (Å²) in [5, 5.41) is 5.06. The van der Waals surface area contributed by atoms with E-state index < -0.39 is 29.6 Å². The predicted molar refractivity (Wildman–Crippen MR) is 81.9 cm³/mol. The first-order chi connectivity index (χ1) is 10.8. The van der Waals surface area contributed by atoms with Gasteiger partial charge in [-0.05, 0) is 36.8 Å². The van der Waals surface area contributed by atoms with E-state index in [1.165, 1.54) is 0 Å². The van der Waals surface area contributed by atoms with Crippen molar-refractivity contribution in [1.29, 1.82) is 0 Å². The van der Waals surface area contributed by atoms with Crippen molar-refractivity contribution in [3.8, 4) is 0 Å². The van der Waals surface area contributed by atoms with Crippen molar-refractivity contribution < 1.29 is 18.4 Å². The van der Waals surface area contributed by atoms with Gasteiger partial charge in [-0.1, -0.05) is 12.1 Å². The minimum Gasteiger partial charge on any atom is -0.351 e. The molecule has 0 radical (unpaired) electrons. The van der Waals surface area contributed by atoms with Gasteiger partial charge in [0.25, 0.3) is 5.91 Å². The molecule has 7 heteroatoms. The van der Waals surface area contributed by atoms with Gasteiger partial charge in [-0.2, -0.15) is 0 Å². The molecule has 0 aliphatic heterocycles. The summed E-state index contributed by atoms with van der Waals surface area (Å²) in [6, 6.07) is 8.21. The van der Waals surface area contributed by atoms with E-state index in [9.17, 15) is 18.4 Å². The molecule has 1 unspecified atom stereocenters. The molecule has 0 fully saturated rings. The second kappa shape index (κ2) is 6.87. The predicted octanol–water partition coefficient (Wildman–Crippen LogP) is 2.95. The Morgan fingerprint density at radius 3 is 2.13 bits per heavy atom. The van der Waals surface area contributed by atoms with Crippen LogP contribution in [0.3, 0.4) is 0 Å². The quantitative estimate of drug-likeness (QED) is 0.809. The maximum Gasteiger partial charge on any atom is 0.316 e. The van der Waals surface area contributed by atoms with Crippen molar-refractivity contribution in [2.45, 2.75) is 13.0 Å². The molecule has 5 nitrogen and oxygen atoms in total. The number of nitrogens with one attached hydrogen (secondary N) is 2. The molecule has 120 valence electrons. The summed E-state index contributed by atoms with van der Waals surface area (Å²) in [7, 11) is 0. The number of carbonyl (C=O) groups excluding carboxylic acids is 2. The Bertz CT molecular complexity index is 712. The second-order valence-corrected chi connectivity index (χ2v) is 4.96. The van der Waals surface area contributed by atoms with Crippen molar-refractivity contribution >= 4 is 17.6 Å². The van der Waals surface area contributed by atoms with E-state index in [-0.39, 0.29) is 5.56 Å². The number of halogens is 2. The maximum atomic E-state index is 13.1. The first-order valence-corrected chi connectivity index (χ1v) is 6.78. The van der Waals surface area contributed by atoms with Crippen molar-refractivity contribution in [2.75, 3.05) is 5.32 Å². The first-order valence-electron chi connectivity index (χ1n) is 6.78. The van der Waals surface area contributed by atoms with Gasteiger partial charge < -0.3 is 16.4 Å². The smallest absolute Gasteiger partial charge is 0.316 e. The molecule has 1 atom stereocenters. The zero-order valence-electron chi connectivity index (χ0n) is 12.3. The number of urea groups is 1. The van der Waals surface area contributed by atoms with Crippen LogP contribution >= 0.6 is 0 Å². The lowest BCUT2D eigenvalue weighted by atomic mass is 10.1. The van der Waals surface area contributed by atoms with E-state index in [0.717, 1.165) is 17.7 Å². The first kappa shape index (κ1) is 16.4. The number of nitrogens with two attached hydrogens (primary N) is 1. The van der Waals surface area contributed by atoms with Gasteiger partial charge in [0, 0.05) is 17.3 Å². The van der Waals surface area contributed by atoms with Gasteiger partial charge in [0.05, 0.1) is 6.04 Å². The number of anilines is 1. The number of hydrogen-bond donors (Lipinski definition) is 3. The molecule has 2 aromatic rings. The summed E-state index contributed by atoms with van der Waals surface area (Å²) in [6.45, 7) is 1.73. The van der Waals surface area contributed by atoms with Crippen LogP contribution in [-0.4, -0.2) is 11.9 Å². The Hall–Kier alpha value is -2.96. The summed E-state index contributed by atoms with van der Waals surface area (Å²) >= 11 is 0. The Morgan fingerprint density at radius 1 is 1.04 bits per heavy atom. The Kier molecular flexibility index (Phi) is 4.90. The molecule has 0 saturated carbocycles. The number of carbonyl (C=O) groups is 2. The van der Waals surface area contributed by atoms with Crippen LogP contribution in [0.15, 0.2) is 42.5 Å². The third kappa shape index (κ3) is 4.50. The lowest BCUT2D eigenvalue weighted by Gasteiger charge is -2.15. The van der Waals surface area contributed by atoms with Crippen LogP contribution in [0.2, 0.25) is 0 Å². The average Bonchev–Trinajstić information content (AvgIpc) is 2.46. The summed E-state index contributed by atoms with van der Waals surface area (Å²) in [4.78, 5) is 22.8. The molecular formula is C16H15F2N3O2. The topological polar surface area (TPSA) is 84.2 Å². The van der Waals surface area contributed by atoms with Gasteiger partial charge in [0.1, 0.15) is 11.6 Å². The van der Waals surface area contributed by atoms with E-state index >= 15 is 0 Å². The molecule has 23 heavy (non-hydrogen) atoms. The molecule has 0 bridgehead atoms. The molecule has 0 spiro atoms. The van der Waals surface area contributed by atoms with E-state index in [1.54, 1.807) is 31.2 Å². The Labute approximate surface area is 131 Å². The number of primary amides is 1. The van der Waals surface area contributed by atoms with E-state index in [4.69, 9.17) is 5.73 Å². The Morgan fingerprint density at radius 2 is 1.61 bits per heavy atom. The van der Waals surface area contributed by atoms with Crippen LogP contribution in [0, 0.1) is 11.6 Å². The van der Waals surface area contributed by atoms with E-state index in [0.29, 0.717) is 11.8 Å². The van der Waals surface area contributed by atoms with E-state index in [1.807, 2.05) is 0 Å². The fourth-order valence-electron chi connectivity index (χ4n) is 2.05. The van der Waals surface area contributed by atoms with Crippen LogP contribution in [0.1, 0.15) is 28.9 Å². The maximum absolute atomic E-state index is 13.1. The third-order valence-corrected chi connectivity index (χ3v) is 3.15. The standard InChI is InChI=1S/C16H15F2N3O2/c1-9(10-2-4-14(5-3-10)21-16(19)23)20-15(22)11-6-12(17)8-13(18)7-11/h2-9H,1H3,(H,20,22)(H3,19,21,23). The van der Waals surface area contributed by atoms with Crippen molar-refractivity contribution in [3.05, 3.63) is 65.2 Å². The summed E-state index contributed by atoms with van der Waals surface area (Å²) in [6.07, 6.45) is 0. The minimum absolute atomic E-state index is 0.0960. The van der Waals surface area contributed by atoms with Crippen LogP contribution in [0.5, 0.6) is 0 Å². The van der Waals surface area contributed by atoms with Crippen LogP contribution in [0.25, 0.3) is 0 Å². The molecule has 0 aliphatic carbocycles. The second-order valence-electron chi connectivity index (χ2n) is 4.96. The highest BCUT2D eigenvalue weighted by atomic mass is 19.1. The van der Waals surface area contributed by atoms with Gasteiger partial charge >= 0.3 is 6.03 Å². The highest BCUT2D eigenvalue weighted by Crippen LogP contribution is 2.17. The van der Waals surface area contributed by atoms with Gasteiger partial charge in [-0.3, -0.25) is 4.79 Å². The fraction of sp³-hybridized carbons (Fsp3) is 0.125. The lowest BCUT2D eigenvalue weighted by Crippen LogP contribution is -2.27. The zero-order valence-corrected chi connectivity index (χ0v) is 12.3.